The van der Waals surface area contributed by atoms with Crippen molar-refractivity contribution in [1.29, 1.82) is 0 Å². The molecule has 1 aliphatic heterocycles. The lowest BCUT2D eigenvalue weighted by Crippen LogP contribution is -2.31. The Hall–Kier alpha value is -1.09. The summed E-state index contributed by atoms with van der Waals surface area (Å²) in [6.45, 7) is 8.95. The third-order valence-electron chi connectivity index (χ3n) is 3.30. The van der Waals surface area contributed by atoms with Crippen molar-refractivity contribution >= 4 is 5.82 Å². The fraction of sp³-hybridized carbons (Fsp3) is 0.615. The molecule has 3 heteroatoms. The predicted molar refractivity (Wildman–Crippen MR) is 67.7 cm³/mol. The van der Waals surface area contributed by atoms with Gasteiger partial charge in [-0.15, -0.1) is 0 Å². The van der Waals surface area contributed by atoms with E-state index >= 15 is 0 Å². The van der Waals surface area contributed by atoms with Crippen molar-refractivity contribution in [2.75, 3.05) is 18.4 Å². The SMILES string of the molecule is Cc1cccnc1NC1CCN(C(C)C)C1. The van der Waals surface area contributed by atoms with Crippen molar-refractivity contribution in [3.05, 3.63) is 23.9 Å². The molecular formula is C13H21N3. The lowest BCUT2D eigenvalue weighted by Gasteiger charge is -2.21. The molecule has 88 valence electrons. The largest absolute Gasteiger partial charge is 0.366 e. The summed E-state index contributed by atoms with van der Waals surface area (Å²) < 4.78 is 0. The molecule has 1 aliphatic rings. The molecule has 1 aromatic heterocycles. The Bertz CT molecular complexity index is 349. The Labute approximate surface area is 97.9 Å². The van der Waals surface area contributed by atoms with Gasteiger partial charge in [-0.3, -0.25) is 4.90 Å². The van der Waals surface area contributed by atoms with Gasteiger partial charge in [-0.05, 0) is 38.8 Å². The fourth-order valence-electron chi connectivity index (χ4n) is 2.20. The molecule has 0 amide bonds. The van der Waals surface area contributed by atoms with Crippen LogP contribution in [0.25, 0.3) is 0 Å². The number of aromatic nitrogens is 1. The molecule has 0 spiro atoms. The highest BCUT2D eigenvalue weighted by Gasteiger charge is 2.24. The summed E-state index contributed by atoms with van der Waals surface area (Å²) in [5.41, 5.74) is 1.23. The third kappa shape index (κ3) is 2.53. The van der Waals surface area contributed by atoms with Gasteiger partial charge >= 0.3 is 0 Å². The summed E-state index contributed by atoms with van der Waals surface area (Å²) in [5.74, 6) is 1.04. The minimum absolute atomic E-state index is 0.552. The van der Waals surface area contributed by atoms with Crippen LogP contribution in [0.5, 0.6) is 0 Å². The Morgan fingerprint density at radius 3 is 2.94 bits per heavy atom. The predicted octanol–water partition coefficient (Wildman–Crippen LogP) is 2.28. The molecule has 1 saturated heterocycles. The number of likely N-dealkylation sites (tertiary alicyclic amines) is 1. The van der Waals surface area contributed by atoms with Crippen LogP contribution in [0.15, 0.2) is 18.3 Å². The minimum Gasteiger partial charge on any atom is -0.366 e. The van der Waals surface area contributed by atoms with E-state index in [-0.39, 0.29) is 0 Å². The lowest BCUT2D eigenvalue weighted by molar-refractivity contribution is 0.274. The zero-order chi connectivity index (χ0) is 11.5. The van der Waals surface area contributed by atoms with Crippen LogP contribution in [0, 0.1) is 6.92 Å². The zero-order valence-electron chi connectivity index (χ0n) is 10.4. The first kappa shape index (κ1) is 11.4. The first-order valence-corrected chi connectivity index (χ1v) is 6.09. The first-order valence-electron chi connectivity index (χ1n) is 6.09. The Morgan fingerprint density at radius 1 is 1.50 bits per heavy atom. The number of pyridine rings is 1. The van der Waals surface area contributed by atoms with Crippen LogP contribution in [0.4, 0.5) is 5.82 Å². The normalized spacial score (nSPS) is 21.6. The third-order valence-corrected chi connectivity index (χ3v) is 3.30. The van der Waals surface area contributed by atoms with Gasteiger partial charge in [0.25, 0.3) is 0 Å². The van der Waals surface area contributed by atoms with Crippen LogP contribution < -0.4 is 5.32 Å². The smallest absolute Gasteiger partial charge is 0.129 e. The average Bonchev–Trinajstić information content (AvgIpc) is 2.70. The van der Waals surface area contributed by atoms with Crippen LogP contribution in [0.1, 0.15) is 25.8 Å². The van der Waals surface area contributed by atoms with Crippen LogP contribution in [0.2, 0.25) is 0 Å². The Morgan fingerprint density at radius 2 is 2.31 bits per heavy atom. The molecule has 1 N–H and O–H groups in total. The maximum atomic E-state index is 4.38. The van der Waals surface area contributed by atoms with E-state index in [1.165, 1.54) is 18.5 Å². The van der Waals surface area contributed by atoms with Gasteiger partial charge in [0.15, 0.2) is 0 Å². The summed E-state index contributed by atoms with van der Waals surface area (Å²) in [5, 5.41) is 3.54. The Balaban J connectivity index is 1.95. The molecule has 1 fully saturated rings. The molecule has 3 nitrogen and oxygen atoms in total. The van der Waals surface area contributed by atoms with Gasteiger partial charge in [-0.2, -0.15) is 0 Å². The highest BCUT2D eigenvalue weighted by atomic mass is 15.2. The standard InChI is InChI=1S/C13H21N3/c1-10(2)16-8-6-12(9-16)15-13-11(3)5-4-7-14-13/h4-5,7,10,12H,6,8-9H2,1-3H3,(H,14,15). The summed E-state index contributed by atoms with van der Waals surface area (Å²) in [4.78, 5) is 6.89. The van der Waals surface area contributed by atoms with Gasteiger partial charge in [0.2, 0.25) is 0 Å². The summed E-state index contributed by atoms with van der Waals surface area (Å²) in [6, 6.07) is 5.28. The first-order chi connectivity index (χ1) is 7.66. The van der Waals surface area contributed by atoms with Crippen molar-refractivity contribution in [1.82, 2.24) is 9.88 Å². The molecule has 2 heterocycles. The highest BCUT2D eigenvalue weighted by Crippen LogP contribution is 2.18. The summed E-state index contributed by atoms with van der Waals surface area (Å²) in [6.07, 6.45) is 3.07. The van der Waals surface area contributed by atoms with E-state index in [4.69, 9.17) is 0 Å². The number of hydrogen-bond donors (Lipinski definition) is 1. The van der Waals surface area contributed by atoms with E-state index in [9.17, 15) is 0 Å². The van der Waals surface area contributed by atoms with Crippen LogP contribution >= 0.6 is 0 Å². The second-order valence-electron chi connectivity index (χ2n) is 4.89. The molecule has 1 aromatic rings. The monoisotopic (exact) mass is 219 g/mol. The number of aryl methyl sites for hydroxylation is 1. The quantitative estimate of drug-likeness (QED) is 0.845. The molecule has 0 bridgehead atoms. The van der Waals surface area contributed by atoms with Crippen molar-refractivity contribution in [2.24, 2.45) is 0 Å². The molecule has 16 heavy (non-hydrogen) atoms. The minimum atomic E-state index is 0.552. The topological polar surface area (TPSA) is 28.2 Å². The van der Waals surface area contributed by atoms with E-state index in [2.05, 4.69) is 42.0 Å². The van der Waals surface area contributed by atoms with E-state index < -0.39 is 0 Å². The second kappa shape index (κ2) is 4.83. The number of nitrogens with zero attached hydrogens (tertiary/aromatic N) is 2. The molecule has 2 rings (SSSR count). The summed E-state index contributed by atoms with van der Waals surface area (Å²) >= 11 is 0. The van der Waals surface area contributed by atoms with Gasteiger partial charge in [-0.1, -0.05) is 6.07 Å². The number of rotatable bonds is 3. The van der Waals surface area contributed by atoms with Gasteiger partial charge in [0, 0.05) is 31.4 Å². The van der Waals surface area contributed by atoms with Crippen LogP contribution in [0.3, 0.4) is 0 Å². The van der Waals surface area contributed by atoms with E-state index in [1.54, 1.807) is 0 Å². The summed E-state index contributed by atoms with van der Waals surface area (Å²) in [7, 11) is 0. The van der Waals surface area contributed by atoms with Crippen molar-refractivity contribution in [3.8, 4) is 0 Å². The van der Waals surface area contributed by atoms with Crippen molar-refractivity contribution in [3.63, 3.8) is 0 Å². The van der Waals surface area contributed by atoms with E-state index in [1.807, 2.05) is 12.3 Å². The molecule has 1 unspecified atom stereocenters. The number of anilines is 1. The van der Waals surface area contributed by atoms with Gasteiger partial charge in [0.05, 0.1) is 0 Å². The fourth-order valence-corrected chi connectivity index (χ4v) is 2.20. The van der Waals surface area contributed by atoms with E-state index in [0.717, 1.165) is 12.4 Å². The highest BCUT2D eigenvalue weighted by molar-refractivity contribution is 5.43. The molecule has 0 saturated carbocycles. The number of nitrogens with one attached hydrogen (secondary N) is 1. The van der Waals surface area contributed by atoms with Gasteiger partial charge in [0.1, 0.15) is 5.82 Å². The molecule has 1 atom stereocenters. The van der Waals surface area contributed by atoms with Crippen molar-refractivity contribution < 1.29 is 0 Å². The van der Waals surface area contributed by atoms with Gasteiger partial charge in [-0.25, -0.2) is 4.98 Å². The van der Waals surface area contributed by atoms with Crippen LogP contribution in [-0.2, 0) is 0 Å². The molecule has 0 aromatic carbocycles. The van der Waals surface area contributed by atoms with Crippen molar-refractivity contribution in [2.45, 2.75) is 39.3 Å². The van der Waals surface area contributed by atoms with E-state index in [0.29, 0.717) is 12.1 Å². The van der Waals surface area contributed by atoms with Crippen LogP contribution in [-0.4, -0.2) is 35.1 Å². The molecule has 0 aliphatic carbocycles. The van der Waals surface area contributed by atoms with Gasteiger partial charge < -0.3 is 5.32 Å². The lowest BCUT2D eigenvalue weighted by atomic mass is 10.2. The molecular weight excluding hydrogens is 198 g/mol. The number of hydrogen-bond acceptors (Lipinski definition) is 3. The average molecular weight is 219 g/mol. The maximum Gasteiger partial charge on any atom is 0.129 e. The second-order valence-corrected chi connectivity index (χ2v) is 4.89. The maximum absolute atomic E-state index is 4.38. The molecule has 0 radical (unpaired) electrons. The Kier molecular flexibility index (Phi) is 3.44. The zero-order valence-corrected chi connectivity index (χ0v) is 10.4.